The molecule has 0 amide bonds. The number of rotatable bonds is 10. The molecule has 0 spiro atoms. The van der Waals surface area contributed by atoms with E-state index in [-0.39, 0.29) is 31.2 Å². The van der Waals surface area contributed by atoms with Crippen LogP contribution < -0.4 is 21.4 Å². The van der Waals surface area contributed by atoms with Crippen LogP contribution in [0.4, 0.5) is 11.6 Å². The molecule has 0 unspecified atom stereocenters. The largest absolute Gasteiger partial charge is 0.436 e. The smallest absolute Gasteiger partial charge is 0.354 e. The summed E-state index contributed by atoms with van der Waals surface area (Å²) in [4.78, 5) is 41.4. The first kappa shape index (κ1) is 24.0. The van der Waals surface area contributed by atoms with Crippen molar-refractivity contribution in [3.63, 3.8) is 0 Å². The molecule has 10 nitrogen and oxygen atoms in total. The Hall–Kier alpha value is -4.18. The number of nitrogens with one attached hydrogen (secondary N) is 1. The van der Waals surface area contributed by atoms with E-state index in [1.54, 1.807) is 54.6 Å². The highest BCUT2D eigenvalue weighted by Gasteiger charge is 2.14. The fourth-order valence-electron chi connectivity index (χ4n) is 3.33. The lowest BCUT2D eigenvalue weighted by atomic mass is 10.2. The van der Waals surface area contributed by atoms with Crippen LogP contribution in [-0.4, -0.2) is 25.1 Å². The molecule has 0 aliphatic heterocycles. The third-order valence-corrected chi connectivity index (χ3v) is 5.31. The molecule has 0 aliphatic rings. The van der Waals surface area contributed by atoms with Crippen molar-refractivity contribution in [1.82, 2.24) is 19.3 Å². The Kier molecular flexibility index (Phi) is 7.41. The lowest BCUT2D eigenvalue weighted by molar-refractivity contribution is -0.117. The van der Waals surface area contributed by atoms with E-state index in [0.29, 0.717) is 28.8 Å². The summed E-state index contributed by atoms with van der Waals surface area (Å²) in [5.41, 5.74) is 0.158. The van der Waals surface area contributed by atoms with Gasteiger partial charge in [-0.1, -0.05) is 23.7 Å². The van der Waals surface area contributed by atoms with Gasteiger partial charge in [0, 0.05) is 29.7 Å². The van der Waals surface area contributed by atoms with Crippen LogP contribution >= 0.6 is 11.6 Å². The summed E-state index contributed by atoms with van der Waals surface area (Å²) in [5, 5.41) is 7.30. The number of ether oxygens (including phenoxy) is 1. The molecule has 2 aromatic carbocycles. The van der Waals surface area contributed by atoms with Gasteiger partial charge in [-0.05, 0) is 60.5 Å². The number of hydrogen-bond acceptors (Lipinski definition) is 8. The van der Waals surface area contributed by atoms with Crippen LogP contribution in [0.15, 0.2) is 75.0 Å². The van der Waals surface area contributed by atoms with E-state index in [9.17, 15) is 14.4 Å². The third kappa shape index (κ3) is 6.24. The molecule has 0 radical (unpaired) electrons. The van der Waals surface area contributed by atoms with Crippen LogP contribution in [-0.2, 0) is 17.9 Å². The van der Waals surface area contributed by atoms with E-state index >= 15 is 0 Å². The Balaban J connectivity index is 1.63. The number of anilines is 2. The quantitative estimate of drug-likeness (QED) is 0.350. The fraction of sp³-hybridized carbons (Fsp3) is 0.208. The standard InChI is InChI=1S/C24H22ClN5O5/c1-16(31)3-2-13-29-23(32)27-22(30(24(29)33)15-17-4-6-18(25)7-5-17)26-19-8-10-20(11-9-19)35-21-12-14-34-28-21/h4-12,14H,2-3,13,15H2,1H3,(H,26,27,32). The second-order valence-corrected chi connectivity index (χ2v) is 8.20. The zero-order valence-electron chi connectivity index (χ0n) is 18.8. The maximum atomic E-state index is 13.3. The Morgan fingerprint density at radius 3 is 2.46 bits per heavy atom. The van der Waals surface area contributed by atoms with E-state index in [0.717, 1.165) is 10.1 Å². The van der Waals surface area contributed by atoms with Crippen molar-refractivity contribution in [2.24, 2.45) is 0 Å². The minimum atomic E-state index is -0.695. The topological polar surface area (TPSA) is 121 Å². The van der Waals surface area contributed by atoms with Crippen molar-refractivity contribution < 1.29 is 14.1 Å². The molecule has 4 rings (SSSR count). The maximum absolute atomic E-state index is 13.3. The van der Waals surface area contributed by atoms with Gasteiger partial charge in [0.05, 0.1) is 6.54 Å². The van der Waals surface area contributed by atoms with Crippen LogP contribution in [0.2, 0.25) is 5.02 Å². The molecule has 4 aromatic rings. The molecule has 0 bridgehead atoms. The van der Waals surface area contributed by atoms with Crippen LogP contribution in [0.3, 0.4) is 0 Å². The van der Waals surface area contributed by atoms with Crippen molar-refractivity contribution in [2.45, 2.75) is 32.9 Å². The average Bonchev–Trinajstić information content (AvgIpc) is 3.34. The van der Waals surface area contributed by atoms with E-state index in [4.69, 9.17) is 20.9 Å². The normalized spacial score (nSPS) is 10.8. The lowest BCUT2D eigenvalue weighted by Crippen LogP contribution is -2.42. The van der Waals surface area contributed by atoms with Crippen molar-refractivity contribution in [3.05, 3.63) is 92.4 Å². The number of benzene rings is 2. The van der Waals surface area contributed by atoms with Crippen molar-refractivity contribution in [1.29, 1.82) is 0 Å². The number of nitrogens with zero attached hydrogens (tertiary/aromatic N) is 4. The Labute approximate surface area is 204 Å². The van der Waals surface area contributed by atoms with Gasteiger partial charge in [-0.2, -0.15) is 4.98 Å². The van der Waals surface area contributed by atoms with Gasteiger partial charge in [-0.15, -0.1) is 0 Å². The Morgan fingerprint density at radius 1 is 1.06 bits per heavy atom. The summed E-state index contributed by atoms with van der Waals surface area (Å²) >= 11 is 5.99. The third-order valence-electron chi connectivity index (χ3n) is 5.06. The summed E-state index contributed by atoms with van der Waals surface area (Å²) < 4.78 is 12.7. The molecule has 0 saturated heterocycles. The molecule has 1 N–H and O–H groups in total. The number of hydrogen-bond donors (Lipinski definition) is 1. The average molecular weight is 496 g/mol. The summed E-state index contributed by atoms with van der Waals surface area (Å²) in [6.07, 6.45) is 2.04. The van der Waals surface area contributed by atoms with Crippen molar-refractivity contribution >= 4 is 29.0 Å². The summed E-state index contributed by atoms with van der Waals surface area (Å²) in [7, 11) is 0. The Bertz CT molecular complexity index is 1410. The minimum absolute atomic E-state index is 0.0123. The number of Topliss-reactive ketones (excluding diaryl/α,β-unsaturated/α-hetero) is 1. The summed E-state index contributed by atoms with van der Waals surface area (Å²) in [6.45, 7) is 1.72. The second kappa shape index (κ2) is 10.8. The molecule has 0 saturated carbocycles. The van der Waals surface area contributed by atoms with Crippen LogP contribution in [0.5, 0.6) is 11.6 Å². The first-order chi connectivity index (χ1) is 16.9. The molecule has 0 aliphatic carbocycles. The first-order valence-electron chi connectivity index (χ1n) is 10.8. The highest BCUT2D eigenvalue weighted by molar-refractivity contribution is 6.30. The van der Waals surface area contributed by atoms with Gasteiger partial charge in [-0.25, -0.2) is 14.2 Å². The maximum Gasteiger partial charge on any atom is 0.354 e. The van der Waals surface area contributed by atoms with Gasteiger partial charge in [0.15, 0.2) is 0 Å². The highest BCUT2D eigenvalue weighted by atomic mass is 35.5. The van der Waals surface area contributed by atoms with Gasteiger partial charge >= 0.3 is 11.4 Å². The van der Waals surface area contributed by atoms with Crippen LogP contribution in [0.25, 0.3) is 0 Å². The molecule has 0 fully saturated rings. The van der Waals surface area contributed by atoms with Gasteiger partial charge < -0.3 is 19.4 Å². The summed E-state index contributed by atoms with van der Waals surface area (Å²) in [5.74, 6) is 0.916. The van der Waals surface area contributed by atoms with E-state index in [2.05, 4.69) is 15.5 Å². The zero-order valence-corrected chi connectivity index (χ0v) is 19.6. The number of halogens is 1. The van der Waals surface area contributed by atoms with Gasteiger partial charge in [0.1, 0.15) is 17.8 Å². The molecular formula is C24H22ClN5O5. The molecule has 0 atom stereocenters. The first-order valence-corrected chi connectivity index (χ1v) is 11.2. The molecule has 180 valence electrons. The second-order valence-electron chi connectivity index (χ2n) is 7.76. The van der Waals surface area contributed by atoms with Gasteiger partial charge in [0.25, 0.3) is 5.88 Å². The Morgan fingerprint density at radius 2 is 1.80 bits per heavy atom. The number of carbonyl (C=O) groups is 1. The minimum Gasteiger partial charge on any atom is -0.436 e. The predicted octanol–water partition coefficient (Wildman–Crippen LogP) is 4.00. The van der Waals surface area contributed by atoms with Crippen molar-refractivity contribution in [3.8, 4) is 11.6 Å². The van der Waals surface area contributed by atoms with E-state index in [1.165, 1.54) is 17.8 Å². The molecule has 2 aromatic heterocycles. The van der Waals surface area contributed by atoms with Crippen LogP contribution in [0.1, 0.15) is 25.3 Å². The fourth-order valence-corrected chi connectivity index (χ4v) is 3.45. The zero-order chi connectivity index (χ0) is 24.8. The predicted molar refractivity (Wildman–Crippen MR) is 130 cm³/mol. The van der Waals surface area contributed by atoms with Crippen molar-refractivity contribution in [2.75, 3.05) is 5.32 Å². The molecule has 2 heterocycles. The highest BCUT2D eigenvalue weighted by Crippen LogP contribution is 2.23. The molecular weight excluding hydrogens is 474 g/mol. The molecule has 11 heteroatoms. The van der Waals surface area contributed by atoms with Gasteiger partial charge in [0.2, 0.25) is 5.95 Å². The number of aromatic nitrogens is 4. The SMILES string of the molecule is CC(=O)CCCn1c(=O)nc(Nc2ccc(Oc3ccon3)cc2)n(Cc2ccc(Cl)cc2)c1=O. The van der Waals surface area contributed by atoms with E-state index in [1.807, 2.05) is 0 Å². The molecule has 35 heavy (non-hydrogen) atoms. The number of carbonyl (C=O) groups excluding carboxylic acids is 1. The monoisotopic (exact) mass is 495 g/mol. The van der Waals surface area contributed by atoms with Gasteiger partial charge in [-0.3, -0.25) is 4.57 Å². The lowest BCUT2D eigenvalue weighted by Gasteiger charge is -2.16. The van der Waals surface area contributed by atoms with Crippen LogP contribution in [0, 0.1) is 0 Å². The summed E-state index contributed by atoms with van der Waals surface area (Å²) in [6, 6.07) is 15.4. The van der Waals surface area contributed by atoms with E-state index < -0.39 is 11.4 Å². The number of ketones is 1.